The van der Waals surface area contributed by atoms with Crippen molar-refractivity contribution in [3.8, 4) is 0 Å². The lowest BCUT2D eigenvalue weighted by Gasteiger charge is -2.25. The maximum absolute atomic E-state index is 13.0. The van der Waals surface area contributed by atoms with Gasteiger partial charge in [-0.1, -0.05) is 30.3 Å². The van der Waals surface area contributed by atoms with Crippen LogP contribution in [0.15, 0.2) is 60.8 Å². The number of carbonyl (C=O) groups is 3. The molecular weight excluding hydrogens is 410 g/mol. The van der Waals surface area contributed by atoms with Crippen LogP contribution >= 0.6 is 0 Å². The molecule has 1 atom stereocenters. The van der Waals surface area contributed by atoms with E-state index in [-0.39, 0.29) is 5.91 Å². The first kappa shape index (κ1) is 24.7. The van der Waals surface area contributed by atoms with E-state index in [2.05, 4.69) is 36.1 Å². The van der Waals surface area contributed by atoms with E-state index in [1.807, 2.05) is 35.2 Å². The first-order chi connectivity index (χ1) is 15.3. The number of amides is 1. The summed E-state index contributed by atoms with van der Waals surface area (Å²) in [6.45, 7) is 2.48. The molecule has 0 aliphatic carbocycles. The van der Waals surface area contributed by atoms with Crippen LogP contribution in [0.5, 0.6) is 0 Å². The summed E-state index contributed by atoms with van der Waals surface area (Å²) in [5.41, 5.74) is 2.88. The Morgan fingerprint density at radius 2 is 1.75 bits per heavy atom. The van der Waals surface area contributed by atoms with Crippen molar-refractivity contribution in [1.29, 1.82) is 0 Å². The van der Waals surface area contributed by atoms with Crippen LogP contribution in [-0.2, 0) is 22.6 Å². The topological polar surface area (TPSA) is 111 Å². The van der Waals surface area contributed by atoms with Crippen LogP contribution in [0, 0.1) is 5.92 Å². The smallest absolute Gasteiger partial charge is 0.328 e. The minimum absolute atomic E-state index is 0.106. The zero-order valence-electron chi connectivity index (χ0n) is 18.3. The second-order valence-electron chi connectivity index (χ2n) is 7.84. The fourth-order valence-electron chi connectivity index (χ4n) is 3.42. The van der Waals surface area contributed by atoms with Gasteiger partial charge in [-0.3, -0.25) is 9.78 Å². The van der Waals surface area contributed by atoms with E-state index in [1.165, 1.54) is 5.56 Å². The molecule has 0 bridgehead atoms. The Balaban J connectivity index is 0.000000390. The second-order valence-corrected chi connectivity index (χ2v) is 7.84. The summed E-state index contributed by atoms with van der Waals surface area (Å²) >= 11 is 0. The summed E-state index contributed by atoms with van der Waals surface area (Å²) in [4.78, 5) is 40.8. The van der Waals surface area contributed by atoms with Gasteiger partial charge >= 0.3 is 11.9 Å². The Hall–Kier alpha value is -3.52. The Kier molecular flexibility index (Phi) is 9.56. The van der Waals surface area contributed by atoms with Crippen LogP contribution in [-0.4, -0.2) is 70.0 Å². The number of pyridine rings is 1. The van der Waals surface area contributed by atoms with E-state index in [0.717, 1.165) is 37.2 Å². The first-order valence-electron chi connectivity index (χ1n) is 10.3. The van der Waals surface area contributed by atoms with Crippen LogP contribution in [0.25, 0.3) is 0 Å². The molecule has 2 aromatic rings. The SMILES string of the molecule is CN(C)CCC1Cc2ncccc2C(=O)N(Cc2ccccc2)C1.O=C(O)/C=C/C(=O)O. The molecule has 1 aliphatic rings. The Morgan fingerprint density at radius 3 is 2.34 bits per heavy atom. The molecule has 0 fully saturated rings. The van der Waals surface area contributed by atoms with Gasteiger partial charge in [-0.15, -0.1) is 0 Å². The lowest BCUT2D eigenvalue weighted by molar-refractivity contribution is -0.134. The Labute approximate surface area is 187 Å². The zero-order chi connectivity index (χ0) is 23.5. The van der Waals surface area contributed by atoms with Crippen molar-refractivity contribution in [3.63, 3.8) is 0 Å². The summed E-state index contributed by atoms with van der Waals surface area (Å²) in [7, 11) is 4.19. The van der Waals surface area contributed by atoms with E-state index in [4.69, 9.17) is 10.2 Å². The normalized spacial score (nSPS) is 15.7. The summed E-state index contributed by atoms with van der Waals surface area (Å²) in [5, 5.41) is 15.6. The summed E-state index contributed by atoms with van der Waals surface area (Å²) in [6, 6.07) is 14.0. The number of carboxylic acids is 2. The van der Waals surface area contributed by atoms with Gasteiger partial charge in [0, 0.05) is 31.4 Å². The third kappa shape index (κ3) is 8.31. The molecule has 1 aromatic heterocycles. The maximum Gasteiger partial charge on any atom is 0.328 e. The molecule has 170 valence electrons. The lowest BCUT2D eigenvalue weighted by Crippen LogP contribution is -2.34. The van der Waals surface area contributed by atoms with E-state index >= 15 is 0 Å². The Bertz CT molecular complexity index is 928. The van der Waals surface area contributed by atoms with Crippen LogP contribution in [0.1, 0.15) is 28.0 Å². The minimum Gasteiger partial charge on any atom is -0.478 e. The largest absolute Gasteiger partial charge is 0.478 e. The van der Waals surface area contributed by atoms with Crippen molar-refractivity contribution in [2.75, 3.05) is 27.2 Å². The number of carbonyl (C=O) groups excluding carboxylic acids is 1. The molecule has 2 heterocycles. The van der Waals surface area contributed by atoms with Crippen LogP contribution in [0.2, 0.25) is 0 Å². The van der Waals surface area contributed by atoms with Gasteiger partial charge in [0.2, 0.25) is 0 Å². The number of aromatic nitrogens is 1. The number of hydrogen-bond acceptors (Lipinski definition) is 5. The fourth-order valence-corrected chi connectivity index (χ4v) is 3.42. The number of benzene rings is 1. The van der Waals surface area contributed by atoms with Gasteiger partial charge in [-0.2, -0.15) is 0 Å². The van der Waals surface area contributed by atoms with Crippen molar-refractivity contribution in [2.45, 2.75) is 19.4 Å². The van der Waals surface area contributed by atoms with Crippen molar-refractivity contribution < 1.29 is 24.6 Å². The van der Waals surface area contributed by atoms with Gasteiger partial charge in [0.25, 0.3) is 5.91 Å². The van der Waals surface area contributed by atoms with E-state index in [9.17, 15) is 14.4 Å². The number of fused-ring (bicyclic) bond motifs is 1. The lowest BCUT2D eigenvalue weighted by atomic mass is 9.98. The fraction of sp³-hybridized carbons (Fsp3) is 0.333. The van der Waals surface area contributed by atoms with Crippen molar-refractivity contribution in [2.24, 2.45) is 5.92 Å². The quantitative estimate of drug-likeness (QED) is 0.638. The third-order valence-corrected chi connectivity index (χ3v) is 4.94. The van der Waals surface area contributed by atoms with Gasteiger partial charge in [0.05, 0.1) is 11.3 Å². The molecule has 2 N–H and O–H groups in total. The standard InChI is InChI=1S/C20H25N3O.C4H4O4/c1-22(2)12-10-17-13-19-18(9-6-11-21-19)20(24)23(15-17)14-16-7-4-3-5-8-16;5-3(6)1-2-4(7)8/h3-9,11,17H,10,12-15H2,1-2H3;1-2H,(H,5,6)(H,7,8)/b;2-1+. The number of carboxylic acid groups (broad SMARTS) is 2. The minimum atomic E-state index is -1.26. The molecule has 32 heavy (non-hydrogen) atoms. The van der Waals surface area contributed by atoms with E-state index in [0.29, 0.717) is 24.6 Å². The zero-order valence-corrected chi connectivity index (χ0v) is 18.3. The molecule has 8 nitrogen and oxygen atoms in total. The Morgan fingerprint density at radius 1 is 1.09 bits per heavy atom. The van der Waals surface area contributed by atoms with Gasteiger partial charge in [0.1, 0.15) is 0 Å². The highest BCUT2D eigenvalue weighted by molar-refractivity contribution is 5.95. The van der Waals surface area contributed by atoms with Crippen LogP contribution in [0.3, 0.4) is 0 Å². The van der Waals surface area contributed by atoms with Crippen molar-refractivity contribution >= 4 is 17.8 Å². The molecule has 3 rings (SSSR count). The molecule has 0 saturated carbocycles. The molecule has 1 unspecified atom stereocenters. The van der Waals surface area contributed by atoms with Gasteiger partial charge < -0.3 is 20.0 Å². The summed E-state index contributed by atoms with van der Waals surface area (Å²) < 4.78 is 0. The molecule has 1 aromatic carbocycles. The molecule has 1 aliphatic heterocycles. The number of hydrogen-bond donors (Lipinski definition) is 2. The monoisotopic (exact) mass is 439 g/mol. The molecule has 1 amide bonds. The predicted octanol–water partition coefficient (Wildman–Crippen LogP) is 2.56. The van der Waals surface area contributed by atoms with Crippen LogP contribution in [0.4, 0.5) is 0 Å². The molecule has 0 saturated heterocycles. The highest BCUT2D eigenvalue weighted by atomic mass is 16.4. The second kappa shape index (κ2) is 12.4. The highest BCUT2D eigenvalue weighted by Crippen LogP contribution is 2.24. The van der Waals surface area contributed by atoms with Crippen molar-refractivity contribution in [3.05, 3.63) is 77.6 Å². The average molecular weight is 440 g/mol. The van der Waals surface area contributed by atoms with Gasteiger partial charge in [-0.05, 0) is 57.1 Å². The van der Waals surface area contributed by atoms with E-state index < -0.39 is 11.9 Å². The van der Waals surface area contributed by atoms with Gasteiger partial charge in [-0.25, -0.2) is 9.59 Å². The van der Waals surface area contributed by atoms with Gasteiger partial charge in [0.15, 0.2) is 0 Å². The first-order valence-corrected chi connectivity index (χ1v) is 10.3. The van der Waals surface area contributed by atoms with Crippen LogP contribution < -0.4 is 0 Å². The average Bonchev–Trinajstić information content (AvgIpc) is 2.89. The summed E-state index contributed by atoms with van der Waals surface area (Å²) in [6.07, 6.45) is 4.86. The number of aliphatic carboxylic acids is 2. The maximum atomic E-state index is 13.0. The highest BCUT2D eigenvalue weighted by Gasteiger charge is 2.28. The predicted molar refractivity (Wildman–Crippen MR) is 120 cm³/mol. The van der Waals surface area contributed by atoms with E-state index in [1.54, 1.807) is 6.20 Å². The summed E-state index contributed by atoms with van der Waals surface area (Å²) in [5.74, 6) is -1.97. The molecular formula is C24H29N3O5. The number of nitrogens with zero attached hydrogens (tertiary/aromatic N) is 3. The molecule has 8 heteroatoms. The molecule has 0 spiro atoms. The number of rotatable bonds is 7. The van der Waals surface area contributed by atoms with Crippen molar-refractivity contribution in [1.82, 2.24) is 14.8 Å². The molecule has 0 radical (unpaired) electrons. The third-order valence-electron chi connectivity index (χ3n) is 4.94.